The number of anilines is 2. The van der Waals surface area contributed by atoms with Gasteiger partial charge in [0.15, 0.2) is 5.69 Å². The number of nitrogens with two attached hydrogens (primary N) is 1. The SMILES string of the molecule is COC(=O)c1c(N)c(C#N)cn1-c1ccc(N2CCN(C(=O)C(F)(F)F)CC2)cc1. The Hall–Kier alpha value is -3.68. The second kappa shape index (κ2) is 7.98. The van der Waals surface area contributed by atoms with E-state index in [1.165, 1.54) is 17.9 Å². The highest BCUT2D eigenvalue weighted by Gasteiger charge is 2.43. The van der Waals surface area contributed by atoms with Crippen molar-refractivity contribution in [3.63, 3.8) is 0 Å². The van der Waals surface area contributed by atoms with E-state index in [1.54, 1.807) is 24.3 Å². The van der Waals surface area contributed by atoms with Crippen LogP contribution in [0, 0.1) is 11.3 Å². The molecule has 0 saturated carbocycles. The normalized spacial score (nSPS) is 14.4. The van der Waals surface area contributed by atoms with E-state index in [1.807, 2.05) is 11.0 Å². The zero-order valence-electron chi connectivity index (χ0n) is 15.9. The van der Waals surface area contributed by atoms with Crippen LogP contribution in [0.15, 0.2) is 30.5 Å². The number of piperazine rings is 1. The number of hydrogen-bond donors (Lipinski definition) is 1. The molecule has 11 heteroatoms. The Morgan fingerprint density at radius 1 is 1.10 bits per heavy atom. The number of carbonyl (C=O) groups excluding carboxylic acids is 2. The number of methoxy groups -OCH3 is 1. The van der Waals surface area contributed by atoms with Crippen molar-refractivity contribution in [2.75, 3.05) is 43.9 Å². The molecule has 1 aliphatic heterocycles. The molecule has 2 N–H and O–H groups in total. The van der Waals surface area contributed by atoms with Gasteiger partial charge in [0.1, 0.15) is 6.07 Å². The van der Waals surface area contributed by atoms with Crippen molar-refractivity contribution in [2.45, 2.75) is 6.18 Å². The van der Waals surface area contributed by atoms with Gasteiger partial charge in [0.2, 0.25) is 0 Å². The van der Waals surface area contributed by atoms with Crippen molar-refractivity contribution in [1.29, 1.82) is 5.26 Å². The van der Waals surface area contributed by atoms with Crippen LogP contribution in [0.3, 0.4) is 0 Å². The van der Waals surface area contributed by atoms with Crippen LogP contribution in [0.5, 0.6) is 0 Å². The highest BCUT2D eigenvalue weighted by molar-refractivity contribution is 5.96. The van der Waals surface area contributed by atoms with Crippen LogP contribution in [0.4, 0.5) is 24.5 Å². The summed E-state index contributed by atoms with van der Waals surface area (Å²) in [6, 6.07) is 8.77. The summed E-state index contributed by atoms with van der Waals surface area (Å²) in [5.74, 6) is -2.52. The molecule has 30 heavy (non-hydrogen) atoms. The van der Waals surface area contributed by atoms with Gasteiger partial charge in [0, 0.05) is 43.8 Å². The van der Waals surface area contributed by atoms with Gasteiger partial charge in [0.05, 0.1) is 18.4 Å². The standard InChI is InChI=1S/C19H18F3N5O3/c1-30-17(28)16-15(24)12(10-23)11-27(16)14-4-2-13(3-5-14)25-6-8-26(9-7-25)18(29)19(20,21)22/h2-5,11H,6-9,24H2,1H3. The highest BCUT2D eigenvalue weighted by atomic mass is 19.4. The van der Waals surface area contributed by atoms with E-state index in [9.17, 15) is 28.0 Å². The predicted octanol–water partition coefficient (Wildman–Crippen LogP) is 1.93. The molecular weight excluding hydrogens is 403 g/mol. The lowest BCUT2D eigenvalue weighted by Crippen LogP contribution is -2.52. The Morgan fingerprint density at radius 2 is 1.67 bits per heavy atom. The molecule has 1 fully saturated rings. The van der Waals surface area contributed by atoms with E-state index in [0.717, 1.165) is 10.6 Å². The Bertz CT molecular complexity index is 1000. The molecule has 1 aromatic carbocycles. The number of esters is 1. The summed E-state index contributed by atoms with van der Waals surface area (Å²) >= 11 is 0. The molecular formula is C19H18F3N5O3. The Morgan fingerprint density at radius 3 is 2.17 bits per heavy atom. The van der Waals surface area contributed by atoms with Crippen molar-refractivity contribution < 1.29 is 27.5 Å². The van der Waals surface area contributed by atoms with E-state index in [-0.39, 0.29) is 43.1 Å². The number of hydrogen-bond acceptors (Lipinski definition) is 6. The molecule has 1 aromatic heterocycles. The van der Waals surface area contributed by atoms with Crippen LogP contribution in [0.1, 0.15) is 16.1 Å². The number of aromatic nitrogens is 1. The summed E-state index contributed by atoms with van der Waals surface area (Å²) in [5, 5.41) is 9.18. The molecule has 2 heterocycles. The van der Waals surface area contributed by atoms with Crippen LogP contribution in [0.2, 0.25) is 0 Å². The molecule has 1 amide bonds. The first-order chi connectivity index (χ1) is 14.2. The number of alkyl halides is 3. The van der Waals surface area contributed by atoms with Crippen LogP contribution in [0.25, 0.3) is 5.69 Å². The third kappa shape index (κ3) is 3.89. The fraction of sp³-hybridized carbons (Fsp3) is 0.316. The number of halogens is 3. The van der Waals surface area contributed by atoms with Crippen LogP contribution >= 0.6 is 0 Å². The van der Waals surface area contributed by atoms with Gasteiger partial charge in [-0.25, -0.2) is 4.79 Å². The van der Waals surface area contributed by atoms with Crippen LogP contribution in [-0.4, -0.2) is 60.8 Å². The van der Waals surface area contributed by atoms with E-state index in [0.29, 0.717) is 5.69 Å². The van der Waals surface area contributed by atoms with Gasteiger partial charge in [0.25, 0.3) is 0 Å². The summed E-state index contributed by atoms with van der Waals surface area (Å²) in [4.78, 5) is 26.1. The van der Waals surface area contributed by atoms with Crippen LogP contribution < -0.4 is 10.6 Å². The Kier molecular flexibility index (Phi) is 5.60. The first-order valence-electron chi connectivity index (χ1n) is 8.88. The number of nitrogens with zero attached hydrogens (tertiary/aromatic N) is 4. The molecule has 2 aromatic rings. The number of nitrogen functional groups attached to an aromatic ring is 1. The highest BCUT2D eigenvalue weighted by Crippen LogP contribution is 2.27. The number of nitriles is 1. The molecule has 0 bridgehead atoms. The smallest absolute Gasteiger partial charge is 0.464 e. The molecule has 0 aliphatic carbocycles. The summed E-state index contributed by atoms with van der Waals surface area (Å²) in [5.41, 5.74) is 7.35. The van der Waals surface area contributed by atoms with Gasteiger partial charge in [-0.3, -0.25) is 4.79 Å². The molecule has 0 spiro atoms. The van der Waals surface area contributed by atoms with Crippen molar-refractivity contribution in [3.05, 3.63) is 41.7 Å². The Labute approximate surface area is 169 Å². The van der Waals surface area contributed by atoms with E-state index in [2.05, 4.69) is 0 Å². The maximum absolute atomic E-state index is 12.6. The molecule has 0 radical (unpaired) electrons. The number of rotatable bonds is 3. The quantitative estimate of drug-likeness (QED) is 0.760. The van der Waals surface area contributed by atoms with Crippen molar-refractivity contribution in [3.8, 4) is 11.8 Å². The lowest BCUT2D eigenvalue weighted by atomic mass is 10.2. The second-order valence-electron chi connectivity index (χ2n) is 6.57. The van der Waals surface area contributed by atoms with Crippen molar-refractivity contribution in [2.24, 2.45) is 0 Å². The second-order valence-corrected chi connectivity index (χ2v) is 6.57. The van der Waals surface area contributed by atoms with Crippen molar-refractivity contribution in [1.82, 2.24) is 9.47 Å². The maximum atomic E-state index is 12.6. The topological polar surface area (TPSA) is 105 Å². The summed E-state index contributed by atoms with van der Waals surface area (Å²) < 4.78 is 43.9. The molecule has 0 unspecified atom stereocenters. The van der Waals surface area contributed by atoms with Gasteiger partial charge < -0.3 is 24.8 Å². The van der Waals surface area contributed by atoms with E-state index >= 15 is 0 Å². The zero-order chi connectivity index (χ0) is 22.1. The predicted molar refractivity (Wildman–Crippen MR) is 101 cm³/mol. The van der Waals surface area contributed by atoms with Crippen LogP contribution in [-0.2, 0) is 9.53 Å². The molecule has 1 aliphatic rings. The summed E-state index contributed by atoms with van der Waals surface area (Å²) in [6.07, 6.45) is -3.44. The minimum Gasteiger partial charge on any atom is -0.464 e. The first kappa shape index (κ1) is 21.0. The van der Waals surface area contributed by atoms with Gasteiger partial charge in [-0.2, -0.15) is 18.4 Å². The summed E-state index contributed by atoms with van der Waals surface area (Å²) in [6.45, 7) is 0.436. The molecule has 3 rings (SSSR count). The average molecular weight is 421 g/mol. The zero-order valence-corrected chi connectivity index (χ0v) is 15.9. The number of amides is 1. The van der Waals surface area contributed by atoms with E-state index in [4.69, 9.17) is 10.5 Å². The summed E-state index contributed by atoms with van der Waals surface area (Å²) in [7, 11) is 1.21. The molecule has 158 valence electrons. The molecule has 1 saturated heterocycles. The van der Waals surface area contributed by atoms with Gasteiger partial charge in [-0.15, -0.1) is 0 Å². The van der Waals surface area contributed by atoms with Crippen molar-refractivity contribution >= 4 is 23.3 Å². The molecule has 8 nitrogen and oxygen atoms in total. The fourth-order valence-corrected chi connectivity index (χ4v) is 3.29. The Balaban J connectivity index is 1.78. The fourth-order valence-electron chi connectivity index (χ4n) is 3.29. The third-order valence-corrected chi connectivity index (χ3v) is 4.85. The maximum Gasteiger partial charge on any atom is 0.471 e. The van der Waals surface area contributed by atoms with Gasteiger partial charge in [-0.05, 0) is 24.3 Å². The number of carbonyl (C=O) groups is 2. The lowest BCUT2D eigenvalue weighted by molar-refractivity contribution is -0.185. The largest absolute Gasteiger partial charge is 0.471 e. The van der Waals surface area contributed by atoms with Gasteiger partial charge in [-0.1, -0.05) is 0 Å². The van der Waals surface area contributed by atoms with Gasteiger partial charge >= 0.3 is 18.1 Å². The number of benzene rings is 1. The first-order valence-corrected chi connectivity index (χ1v) is 8.88. The monoisotopic (exact) mass is 421 g/mol. The van der Waals surface area contributed by atoms with E-state index < -0.39 is 18.1 Å². The molecule has 0 atom stereocenters. The third-order valence-electron chi connectivity index (χ3n) is 4.85. The average Bonchev–Trinajstić information content (AvgIpc) is 3.08. The minimum absolute atomic E-state index is 0.0129. The number of ether oxygens (including phenoxy) is 1. The minimum atomic E-state index is -4.87. The lowest BCUT2D eigenvalue weighted by Gasteiger charge is -2.36.